The molecule has 1 fully saturated rings. The molecule has 0 saturated carbocycles. The number of benzene rings is 2. The van der Waals surface area contributed by atoms with E-state index in [1.54, 1.807) is 18.4 Å². The van der Waals surface area contributed by atoms with Crippen molar-refractivity contribution in [3.8, 4) is 22.4 Å². The summed E-state index contributed by atoms with van der Waals surface area (Å²) < 4.78 is 5.23. The Bertz CT molecular complexity index is 1340. The van der Waals surface area contributed by atoms with E-state index in [1.165, 1.54) is 0 Å². The van der Waals surface area contributed by atoms with E-state index in [0.29, 0.717) is 31.7 Å². The molecule has 3 heterocycles. The Balaban J connectivity index is 1.36. The molecule has 7 heteroatoms. The van der Waals surface area contributed by atoms with Gasteiger partial charge in [0.15, 0.2) is 0 Å². The topological polar surface area (TPSA) is 69.5 Å². The summed E-state index contributed by atoms with van der Waals surface area (Å²) in [5, 5.41) is 12.7. The molecular formula is C27H24N4O2S. The molecule has 2 aromatic heterocycles. The second-order valence-electron chi connectivity index (χ2n) is 8.18. The summed E-state index contributed by atoms with van der Waals surface area (Å²) in [6, 6.07) is 23.4. The molecule has 170 valence electrons. The van der Waals surface area contributed by atoms with Crippen LogP contribution >= 0.6 is 11.3 Å². The maximum Gasteiger partial charge on any atom is 0.254 e. The smallest absolute Gasteiger partial charge is 0.254 e. The van der Waals surface area contributed by atoms with Gasteiger partial charge in [0.1, 0.15) is 11.8 Å². The van der Waals surface area contributed by atoms with Crippen LogP contribution in [0.15, 0.2) is 72.1 Å². The Kier molecular flexibility index (Phi) is 6.26. The number of carbonyl (C=O) groups excluding carboxylic acids is 1. The van der Waals surface area contributed by atoms with Crippen LogP contribution in [0, 0.1) is 11.3 Å². The maximum absolute atomic E-state index is 13.6. The summed E-state index contributed by atoms with van der Waals surface area (Å²) in [6.45, 7) is 2.41. The molecule has 0 bridgehead atoms. The predicted molar refractivity (Wildman–Crippen MR) is 134 cm³/mol. The number of amides is 1. The molecule has 34 heavy (non-hydrogen) atoms. The predicted octanol–water partition coefficient (Wildman–Crippen LogP) is 4.99. The number of rotatable bonds is 5. The molecular weight excluding hydrogens is 444 g/mol. The second kappa shape index (κ2) is 9.64. The Hall–Kier alpha value is -3.73. The first kappa shape index (κ1) is 22.1. The maximum atomic E-state index is 13.6. The van der Waals surface area contributed by atoms with Crippen LogP contribution in [0.25, 0.3) is 21.5 Å². The zero-order chi connectivity index (χ0) is 23.5. The number of aromatic nitrogens is 1. The number of fused-ring (bicyclic) bond motifs is 1. The highest BCUT2D eigenvalue weighted by atomic mass is 32.1. The van der Waals surface area contributed by atoms with Crippen molar-refractivity contribution >= 4 is 28.1 Å². The number of hydrogen-bond acceptors (Lipinski definition) is 6. The standard InChI is InChI=1S/C27H24N4O2S/c1-33-20-10-8-19(9-11-20)25(18-28)30-12-14-31(15-13-30)27(32)22-17-24(26-7-4-16-34-26)29-23-6-3-2-5-21(22)23/h2-11,16-17,25H,12-15H2,1H3. The van der Waals surface area contributed by atoms with Gasteiger partial charge >= 0.3 is 0 Å². The number of nitrogens with zero attached hydrogens (tertiary/aromatic N) is 4. The normalized spacial score (nSPS) is 15.1. The van der Waals surface area contributed by atoms with Gasteiger partial charge in [-0.2, -0.15) is 5.26 Å². The highest BCUT2D eigenvalue weighted by Crippen LogP contribution is 2.29. The molecule has 6 nitrogen and oxygen atoms in total. The number of carbonyl (C=O) groups is 1. The molecule has 0 radical (unpaired) electrons. The molecule has 1 aliphatic heterocycles. The zero-order valence-electron chi connectivity index (χ0n) is 18.8. The van der Waals surface area contributed by atoms with Crippen LogP contribution in [0.2, 0.25) is 0 Å². The number of piperazine rings is 1. The molecule has 4 aromatic rings. The van der Waals surface area contributed by atoms with Gasteiger partial charge in [-0.05, 0) is 41.3 Å². The van der Waals surface area contributed by atoms with E-state index >= 15 is 0 Å². The zero-order valence-corrected chi connectivity index (χ0v) is 19.7. The number of thiophene rings is 1. The van der Waals surface area contributed by atoms with Crippen LogP contribution in [0.1, 0.15) is 22.0 Å². The van der Waals surface area contributed by atoms with Gasteiger partial charge in [0.05, 0.1) is 34.8 Å². The number of nitriles is 1. The van der Waals surface area contributed by atoms with Crippen LogP contribution in [0.3, 0.4) is 0 Å². The summed E-state index contributed by atoms with van der Waals surface area (Å²) in [5.41, 5.74) is 3.25. The third-order valence-corrected chi connectivity index (χ3v) is 7.13. The van der Waals surface area contributed by atoms with Crippen molar-refractivity contribution < 1.29 is 9.53 Å². The molecule has 1 amide bonds. The SMILES string of the molecule is COc1ccc(C(C#N)N2CCN(C(=O)c3cc(-c4cccs4)nc4ccccc34)CC2)cc1. The van der Waals surface area contributed by atoms with Gasteiger partial charge in [0, 0.05) is 31.6 Å². The Labute approximate surface area is 202 Å². The minimum atomic E-state index is -0.352. The highest BCUT2D eigenvalue weighted by molar-refractivity contribution is 7.13. The van der Waals surface area contributed by atoms with E-state index in [4.69, 9.17) is 9.72 Å². The van der Waals surface area contributed by atoms with E-state index in [0.717, 1.165) is 32.8 Å². The second-order valence-corrected chi connectivity index (χ2v) is 9.13. The van der Waals surface area contributed by atoms with E-state index in [2.05, 4.69) is 11.0 Å². The third-order valence-electron chi connectivity index (χ3n) is 6.24. The van der Waals surface area contributed by atoms with E-state index < -0.39 is 0 Å². The quantitative estimate of drug-likeness (QED) is 0.413. The highest BCUT2D eigenvalue weighted by Gasteiger charge is 2.28. The van der Waals surface area contributed by atoms with Crippen LogP contribution in [0.5, 0.6) is 5.75 Å². The number of methoxy groups -OCH3 is 1. The third kappa shape index (κ3) is 4.26. The lowest BCUT2D eigenvalue weighted by Crippen LogP contribution is -2.49. The Morgan fingerprint density at radius 3 is 2.50 bits per heavy atom. The van der Waals surface area contributed by atoms with Crippen molar-refractivity contribution in [2.45, 2.75) is 6.04 Å². The fourth-order valence-corrected chi connectivity index (χ4v) is 5.10. The first-order chi connectivity index (χ1) is 16.7. The Morgan fingerprint density at radius 1 is 1.06 bits per heavy atom. The van der Waals surface area contributed by atoms with E-state index in [-0.39, 0.29) is 11.9 Å². The van der Waals surface area contributed by atoms with Gasteiger partial charge < -0.3 is 9.64 Å². The van der Waals surface area contributed by atoms with Crippen LogP contribution < -0.4 is 4.74 Å². The fourth-order valence-electron chi connectivity index (χ4n) is 4.41. The van der Waals surface area contributed by atoms with Gasteiger partial charge in [0.25, 0.3) is 5.91 Å². The van der Waals surface area contributed by atoms with Crippen molar-refractivity contribution in [3.05, 3.63) is 83.2 Å². The van der Waals surface area contributed by atoms with Gasteiger partial charge in [-0.3, -0.25) is 9.69 Å². The molecule has 5 rings (SSSR count). The summed E-state index contributed by atoms with van der Waals surface area (Å²) in [7, 11) is 1.63. The summed E-state index contributed by atoms with van der Waals surface area (Å²) in [5.74, 6) is 0.774. The minimum Gasteiger partial charge on any atom is -0.497 e. The number of hydrogen-bond donors (Lipinski definition) is 0. The molecule has 2 aromatic carbocycles. The van der Waals surface area contributed by atoms with Gasteiger partial charge in [-0.15, -0.1) is 11.3 Å². The van der Waals surface area contributed by atoms with Crippen molar-refractivity contribution in [1.82, 2.24) is 14.8 Å². The molecule has 0 N–H and O–H groups in total. The molecule has 1 unspecified atom stereocenters. The molecule has 1 saturated heterocycles. The molecule has 0 spiro atoms. The molecule has 1 aliphatic rings. The lowest BCUT2D eigenvalue weighted by atomic mass is 10.0. The first-order valence-electron chi connectivity index (χ1n) is 11.2. The number of ether oxygens (including phenoxy) is 1. The summed E-state index contributed by atoms with van der Waals surface area (Å²) in [6.07, 6.45) is 0. The van der Waals surface area contributed by atoms with Crippen molar-refractivity contribution in [2.75, 3.05) is 33.3 Å². The van der Waals surface area contributed by atoms with Crippen LogP contribution in [0.4, 0.5) is 0 Å². The van der Waals surface area contributed by atoms with E-state index in [9.17, 15) is 10.1 Å². The summed E-state index contributed by atoms with van der Waals surface area (Å²) >= 11 is 1.61. The van der Waals surface area contributed by atoms with Gasteiger partial charge in [-0.25, -0.2) is 4.98 Å². The number of para-hydroxylation sites is 1. The van der Waals surface area contributed by atoms with Crippen molar-refractivity contribution in [2.24, 2.45) is 0 Å². The van der Waals surface area contributed by atoms with Crippen LogP contribution in [-0.4, -0.2) is 54.0 Å². The fraction of sp³-hybridized carbons (Fsp3) is 0.222. The average molecular weight is 469 g/mol. The van der Waals surface area contributed by atoms with Gasteiger partial charge in [-0.1, -0.05) is 36.4 Å². The minimum absolute atomic E-state index is 0.00834. The largest absolute Gasteiger partial charge is 0.497 e. The van der Waals surface area contributed by atoms with Crippen molar-refractivity contribution in [1.29, 1.82) is 5.26 Å². The number of pyridine rings is 1. The summed E-state index contributed by atoms with van der Waals surface area (Å²) in [4.78, 5) is 23.5. The Morgan fingerprint density at radius 2 is 1.82 bits per heavy atom. The average Bonchev–Trinajstić information content (AvgIpc) is 3.44. The molecule has 1 atom stereocenters. The van der Waals surface area contributed by atoms with E-state index in [1.807, 2.05) is 77.0 Å². The lowest BCUT2D eigenvalue weighted by Gasteiger charge is -2.37. The first-order valence-corrected chi connectivity index (χ1v) is 12.1. The van der Waals surface area contributed by atoms with Gasteiger partial charge in [0.2, 0.25) is 0 Å². The lowest BCUT2D eigenvalue weighted by molar-refractivity contribution is 0.0608. The van der Waals surface area contributed by atoms with Crippen molar-refractivity contribution in [3.63, 3.8) is 0 Å². The monoisotopic (exact) mass is 468 g/mol. The van der Waals surface area contributed by atoms with Crippen LogP contribution in [-0.2, 0) is 0 Å². The molecule has 0 aliphatic carbocycles.